The first-order valence-corrected chi connectivity index (χ1v) is 8.61. The maximum Gasteiger partial charge on any atom is 0.115 e. The second-order valence-electron chi connectivity index (χ2n) is 5.78. The Bertz CT molecular complexity index is 338. The zero-order valence-corrected chi connectivity index (χ0v) is 13.5. The van der Waals surface area contributed by atoms with E-state index in [1.165, 1.54) is 64.2 Å². The van der Waals surface area contributed by atoms with Crippen molar-refractivity contribution in [1.82, 2.24) is 5.43 Å². The van der Waals surface area contributed by atoms with E-state index in [-0.39, 0.29) is 0 Å². The number of phenols is 1. The smallest absolute Gasteiger partial charge is 0.115 e. The summed E-state index contributed by atoms with van der Waals surface area (Å²) in [7, 11) is 0. The first-order chi connectivity index (χ1) is 10.3. The highest BCUT2D eigenvalue weighted by molar-refractivity contribution is 5.44. The lowest BCUT2D eigenvalue weighted by Crippen LogP contribution is -2.22. The summed E-state index contributed by atoms with van der Waals surface area (Å²) >= 11 is 0. The van der Waals surface area contributed by atoms with Gasteiger partial charge in [-0.25, -0.2) is 5.43 Å². The van der Waals surface area contributed by atoms with Crippen molar-refractivity contribution in [2.75, 3.05) is 12.0 Å². The summed E-state index contributed by atoms with van der Waals surface area (Å²) < 4.78 is 0. The van der Waals surface area contributed by atoms with Crippen LogP contribution in [0.5, 0.6) is 5.75 Å². The molecule has 0 aliphatic rings. The van der Waals surface area contributed by atoms with E-state index >= 15 is 0 Å². The van der Waals surface area contributed by atoms with Crippen LogP contribution in [-0.2, 0) is 0 Å². The van der Waals surface area contributed by atoms with Crippen molar-refractivity contribution in [3.63, 3.8) is 0 Å². The van der Waals surface area contributed by atoms with Gasteiger partial charge in [0.05, 0.1) is 0 Å². The zero-order valence-electron chi connectivity index (χ0n) is 13.5. The fourth-order valence-corrected chi connectivity index (χ4v) is 2.41. The number of hydrazine groups is 1. The summed E-state index contributed by atoms with van der Waals surface area (Å²) in [6, 6.07) is 7.09. The second-order valence-corrected chi connectivity index (χ2v) is 5.78. The molecule has 0 spiro atoms. The van der Waals surface area contributed by atoms with Gasteiger partial charge in [-0.2, -0.15) is 0 Å². The van der Waals surface area contributed by atoms with Crippen molar-refractivity contribution < 1.29 is 5.11 Å². The predicted molar refractivity (Wildman–Crippen MR) is 91.6 cm³/mol. The number of aromatic hydroxyl groups is 1. The van der Waals surface area contributed by atoms with Crippen LogP contribution in [0, 0.1) is 0 Å². The first-order valence-electron chi connectivity index (χ1n) is 8.61. The number of rotatable bonds is 13. The van der Waals surface area contributed by atoms with Crippen molar-refractivity contribution in [3.8, 4) is 5.75 Å². The van der Waals surface area contributed by atoms with Gasteiger partial charge in [0.1, 0.15) is 5.75 Å². The lowest BCUT2D eigenvalue weighted by atomic mass is 10.1. The lowest BCUT2D eigenvalue weighted by Gasteiger charge is -2.08. The number of nitrogens with one attached hydrogen (secondary N) is 2. The van der Waals surface area contributed by atoms with Gasteiger partial charge >= 0.3 is 0 Å². The molecule has 0 radical (unpaired) electrons. The van der Waals surface area contributed by atoms with Gasteiger partial charge in [-0.05, 0) is 30.7 Å². The van der Waals surface area contributed by atoms with E-state index in [4.69, 9.17) is 0 Å². The Morgan fingerprint density at radius 2 is 1.29 bits per heavy atom. The Morgan fingerprint density at radius 1 is 0.762 bits per heavy atom. The van der Waals surface area contributed by atoms with Crippen LogP contribution in [0.4, 0.5) is 5.69 Å². The highest BCUT2D eigenvalue weighted by Gasteiger charge is 1.94. The Hall–Kier alpha value is -1.22. The minimum Gasteiger partial charge on any atom is -0.508 e. The molecule has 21 heavy (non-hydrogen) atoms. The van der Waals surface area contributed by atoms with E-state index in [2.05, 4.69) is 17.8 Å². The van der Waals surface area contributed by atoms with Crippen LogP contribution in [0.15, 0.2) is 24.3 Å². The minimum atomic E-state index is 0.301. The molecule has 1 rings (SSSR count). The third kappa shape index (κ3) is 10.2. The molecule has 120 valence electrons. The molecule has 0 aromatic heterocycles. The fraction of sp³-hybridized carbons (Fsp3) is 0.667. The van der Waals surface area contributed by atoms with Crippen molar-refractivity contribution >= 4 is 5.69 Å². The van der Waals surface area contributed by atoms with Gasteiger partial charge in [0.15, 0.2) is 0 Å². The maximum absolute atomic E-state index is 9.18. The largest absolute Gasteiger partial charge is 0.508 e. The van der Waals surface area contributed by atoms with Gasteiger partial charge in [0, 0.05) is 12.2 Å². The van der Waals surface area contributed by atoms with E-state index in [0.29, 0.717) is 5.75 Å². The average Bonchev–Trinajstić information content (AvgIpc) is 2.50. The molecule has 0 saturated carbocycles. The minimum absolute atomic E-state index is 0.301. The summed E-state index contributed by atoms with van der Waals surface area (Å²) in [5.41, 5.74) is 7.34. The summed E-state index contributed by atoms with van der Waals surface area (Å²) in [5.74, 6) is 0.301. The summed E-state index contributed by atoms with van der Waals surface area (Å²) in [6.07, 6.45) is 13.7. The molecule has 3 heteroatoms. The standard InChI is InChI=1S/C18H32N2O/c1-2-3-4-5-6-7-8-9-10-11-16-19-20-17-12-14-18(21)15-13-17/h12-15,19-21H,2-11,16H2,1H3. The zero-order chi connectivity index (χ0) is 15.2. The van der Waals surface area contributed by atoms with E-state index in [1.54, 1.807) is 12.1 Å². The molecule has 1 aromatic rings. The summed E-state index contributed by atoms with van der Waals surface area (Å²) in [6.45, 7) is 3.25. The molecule has 3 nitrogen and oxygen atoms in total. The SMILES string of the molecule is CCCCCCCCCCCCNNc1ccc(O)cc1. The van der Waals surface area contributed by atoms with Crippen molar-refractivity contribution in [3.05, 3.63) is 24.3 Å². The van der Waals surface area contributed by atoms with Gasteiger partial charge in [-0.1, -0.05) is 64.7 Å². The molecular weight excluding hydrogens is 260 g/mol. The van der Waals surface area contributed by atoms with Crippen LogP contribution < -0.4 is 10.9 Å². The summed E-state index contributed by atoms with van der Waals surface area (Å²) in [4.78, 5) is 0. The Kier molecular flexibility index (Phi) is 10.6. The number of hydrogen-bond acceptors (Lipinski definition) is 3. The third-order valence-electron chi connectivity index (χ3n) is 3.76. The Morgan fingerprint density at radius 3 is 1.86 bits per heavy atom. The number of anilines is 1. The quantitative estimate of drug-likeness (QED) is 0.265. The molecule has 0 heterocycles. The molecule has 0 aliphatic carbocycles. The molecule has 3 N–H and O–H groups in total. The molecule has 0 aliphatic heterocycles. The molecule has 0 bridgehead atoms. The maximum atomic E-state index is 9.18. The molecule has 0 amide bonds. The van der Waals surface area contributed by atoms with Crippen molar-refractivity contribution in [2.24, 2.45) is 0 Å². The Labute approximate surface area is 130 Å². The second kappa shape index (κ2) is 12.5. The molecule has 0 unspecified atom stereocenters. The number of phenolic OH excluding ortho intramolecular Hbond substituents is 1. The van der Waals surface area contributed by atoms with Gasteiger partial charge in [-0.3, -0.25) is 0 Å². The number of benzene rings is 1. The fourth-order valence-electron chi connectivity index (χ4n) is 2.41. The monoisotopic (exact) mass is 292 g/mol. The highest BCUT2D eigenvalue weighted by Crippen LogP contribution is 2.13. The number of unbranched alkanes of at least 4 members (excludes halogenated alkanes) is 9. The Balaban J connectivity index is 1.81. The van der Waals surface area contributed by atoms with E-state index in [1.807, 2.05) is 12.1 Å². The molecule has 0 atom stereocenters. The molecule has 0 fully saturated rings. The van der Waals surface area contributed by atoms with Gasteiger partial charge in [0.2, 0.25) is 0 Å². The number of hydrogen-bond donors (Lipinski definition) is 3. The van der Waals surface area contributed by atoms with Crippen molar-refractivity contribution in [1.29, 1.82) is 0 Å². The van der Waals surface area contributed by atoms with Gasteiger partial charge in [-0.15, -0.1) is 0 Å². The molecule has 1 aromatic carbocycles. The topological polar surface area (TPSA) is 44.3 Å². The van der Waals surface area contributed by atoms with Crippen LogP contribution in [0.2, 0.25) is 0 Å². The van der Waals surface area contributed by atoms with E-state index < -0.39 is 0 Å². The van der Waals surface area contributed by atoms with Crippen LogP contribution in [0.1, 0.15) is 71.1 Å². The summed E-state index contributed by atoms with van der Waals surface area (Å²) in [5, 5.41) is 9.18. The van der Waals surface area contributed by atoms with Gasteiger partial charge < -0.3 is 10.5 Å². The predicted octanol–water partition coefficient (Wildman–Crippen LogP) is 5.23. The highest BCUT2D eigenvalue weighted by atomic mass is 16.3. The van der Waals surface area contributed by atoms with E-state index in [0.717, 1.165) is 12.2 Å². The van der Waals surface area contributed by atoms with Crippen LogP contribution in [0.25, 0.3) is 0 Å². The average molecular weight is 292 g/mol. The lowest BCUT2D eigenvalue weighted by molar-refractivity contribution is 0.475. The van der Waals surface area contributed by atoms with Gasteiger partial charge in [0.25, 0.3) is 0 Å². The van der Waals surface area contributed by atoms with Crippen molar-refractivity contribution in [2.45, 2.75) is 71.1 Å². The molecular formula is C18H32N2O. The first kappa shape index (κ1) is 17.8. The van der Waals surface area contributed by atoms with Crippen LogP contribution >= 0.6 is 0 Å². The van der Waals surface area contributed by atoms with Crippen LogP contribution in [-0.4, -0.2) is 11.7 Å². The van der Waals surface area contributed by atoms with E-state index in [9.17, 15) is 5.11 Å². The normalized spacial score (nSPS) is 10.7. The van der Waals surface area contributed by atoms with Crippen LogP contribution in [0.3, 0.4) is 0 Å². The molecule has 0 saturated heterocycles. The third-order valence-corrected chi connectivity index (χ3v) is 3.76.